The van der Waals surface area contributed by atoms with Crippen LogP contribution in [0.2, 0.25) is 0 Å². The Hall–Kier alpha value is -3.26. The van der Waals surface area contributed by atoms with Gasteiger partial charge >= 0.3 is 0 Å². The molecule has 0 aliphatic heterocycles. The molecule has 8 heteroatoms. The summed E-state index contributed by atoms with van der Waals surface area (Å²) in [5, 5.41) is 13.8. The summed E-state index contributed by atoms with van der Waals surface area (Å²) in [6.45, 7) is 5.32. The Labute approximate surface area is 199 Å². The zero-order chi connectivity index (χ0) is 23.5. The zero-order valence-corrected chi connectivity index (χ0v) is 19.9. The molecule has 0 amide bonds. The largest absolute Gasteiger partial charge is 0.467 e. The molecule has 1 aliphatic rings. The number of aromatic nitrogens is 5. The van der Waals surface area contributed by atoms with Crippen molar-refractivity contribution in [3.63, 3.8) is 0 Å². The smallest absolute Gasteiger partial charge is 0.252 e. The predicted octanol–water partition coefficient (Wildman–Crippen LogP) is 4.75. The van der Waals surface area contributed by atoms with Gasteiger partial charge in [-0.15, -0.1) is 5.10 Å². The van der Waals surface area contributed by atoms with Gasteiger partial charge in [-0.25, -0.2) is 4.68 Å². The van der Waals surface area contributed by atoms with Crippen LogP contribution in [0.25, 0.3) is 10.9 Å². The molecule has 8 nitrogen and oxygen atoms in total. The molecule has 0 unspecified atom stereocenters. The number of benzene rings is 1. The number of hydrogen-bond donors (Lipinski definition) is 1. The first-order valence-electron chi connectivity index (χ1n) is 12.3. The third-order valence-electron chi connectivity index (χ3n) is 6.93. The second-order valence-corrected chi connectivity index (χ2v) is 9.40. The summed E-state index contributed by atoms with van der Waals surface area (Å²) >= 11 is 0. The lowest BCUT2D eigenvalue weighted by Crippen LogP contribution is -2.39. The number of rotatable bonds is 9. The first-order valence-corrected chi connectivity index (χ1v) is 12.3. The fourth-order valence-corrected chi connectivity index (χ4v) is 5.24. The van der Waals surface area contributed by atoms with Crippen LogP contribution in [-0.2, 0) is 13.1 Å². The van der Waals surface area contributed by atoms with Crippen LogP contribution in [0.4, 0.5) is 0 Å². The molecule has 0 radical (unpaired) electrons. The highest BCUT2D eigenvalue weighted by Gasteiger charge is 2.33. The third-order valence-corrected chi connectivity index (χ3v) is 6.93. The number of fused-ring (bicyclic) bond motifs is 1. The number of tetrazole rings is 1. The van der Waals surface area contributed by atoms with E-state index < -0.39 is 0 Å². The Morgan fingerprint density at radius 3 is 2.85 bits per heavy atom. The molecule has 1 aliphatic carbocycles. The number of nitrogens with one attached hydrogen (secondary N) is 1. The van der Waals surface area contributed by atoms with Crippen molar-refractivity contribution in [3.8, 4) is 0 Å². The van der Waals surface area contributed by atoms with Crippen molar-refractivity contribution in [2.45, 2.75) is 77.5 Å². The van der Waals surface area contributed by atoms with Crippen molar-refractivity contribution < 1.29 is 4.42 Å². The Morgan fingerprint density at radius 2 is 2.09 bits per heavy atom. The molecule has 0 saturated heterocycles. The van der Waals surface area contributed by atoms with E-state index in [0.29, 0.717) is 19.1 Å². The minimum Gasteiger partial charge on any atom is -0.467 e. The molecule has 3 aromatic heterocycles. The lowest BCUT2D eigenvalue weighted by atomic mass is 10.0. The van der Waals surface area contributed by atoms with Crippen molar-refractivity contribution >= 4 is 10.9 Å². The van der Waals surface area contributed by atoms with Crippen LogP contribution in [0.15, 0.2) is 51.9 Å². The fraction of sp³-hybridized carbons (Fsp3) is 0.462. The van der Waals surface area contributed by atoms with Crippen molar-refractivity contribution in [1.82, 2.24) is 30.1 Å². The number of aromatic amines is 1. The maximum Gasteiger partial charge on any atom is 0.252 e. The van der Waals surface area contributed by atoms with Gasteiger partial charge in [-0.05, 0) is 72.3 Å². The van der Waals surface area contributed by atoms with E-state index in [0.717, 1.165) is 53.7 Å². The molecular formula is C26H32N6O2. The number of nitrogens with zero attached hydrogens (tertiary/aromatic N) is 5. The Kier molecular flexibility index (Phi) is 6.58. The van der Waals surface area contributed by atoms with Gasteiger partial charge in [0.2, 0.25) is 0 Å². The lowest BCUT2D eigenvalue weighted by Gasteiger charge is -2.35. The van der Waals surface area contributed by atoms with Crippen LogP contribution in [0.1, 0.15) is 74.2 Å². The highest BCUT2D eigenvalue weighted by atomic mass is 16.3. The van der Waals surface area contributed by atoms with Crippen molar-refractivity contribution in [1.29, 1.82) is 0 Å². The van der Waals surface area contributed by atoms with Crippen molar-refractivity contribution in [2.75, 3.05) is 0 Å². The monoisotopic (exact) mass is 460 g/mol. The lowest BCUT2D eigenvalue weighted by molar-refractivity contribution is 0.108. The molecule has 5 rings (SSSR count). The SMILES string of the molecule is CCC[C@@H](c1nnnn1Cc1ccco1)N(Cc1cc2cc(C)ccc2[nH]c1=O)C1CCCC1. The minimum atomic E-state index is -0.0234. The van der Waals surface area contributed by atoms with E-state index in [4.69, 9.17) is 4.42 Å². The van der Waals surface area contributed by atoms with Gasteiger partial charge in [-0.3, -0.25) is 9.69 Å². The molecule has 3 heterocycles. The topological polar surface area (TPSA) is 92.8 Å². The molecule has 1 atom stereocenters. The summed E-state index contributed by atoms with van der Waals surface area (Å²) in [4.78, 5) is 18.6. The van der Waals surface area contributed by atoms with Crippen molar-refractivity contribution in [3.05, 3.63) is 75.7 Å². The first kappa shape index (κ1) is 22.5. The van der Waals surface area contributed by atoms with Crippen LogP contribution in [0.5, 0.6) is 0 Å². The Bertz CT molecular complexity index is 1290. The van der Waals surface area contributed by atoms with E-state index in [2.05, 4.69) is 51.4 Å². The van der Waals surface area contributed by atoms with Gasteiger partial charge in [0.25, 0.3) is 5.56 Å². The number of hydrogen-bond acceptors (Lipinski definition) is 6. The second-order valence-electron chi connectivity index (χ2n) is 9.40. The van der Waals surface area contributed by atoms with Crippen LogP contribution < -0.4 is 5.56 Å². The molecule has 1 saturated carbocycles. The minimum absolute atomic E-state index is 0.0191. The van der Waals surface area contributed by atoms with E-state index in [9.17, 15) is 4.79 Å². The average Bonchev–Trinajstić information content (AvgIpc) is 3.60. The van der Waals surface area contributed by atoms with Gasteiger partial charge in [0, 0.05) is 23.7 Å². The molecular weight excluding hydrogens is 428 g/mol. The number of H-pyrrole nitrogens is 1. The summed E-state index contributed by atoms with van der Waals surface area (Å²) < 4.78 is 7.39. The average molecular weight is 461 g/mol. The summed E-state index contributed by atoms with van der Waals surface area (Å²) in [5.74, 6) is 1.65. The molecule has 0 spiro atoms. The highest BCUT2D eigenvalue weighted by molar-refractivity contribution is 5.79. The van der Waals surface area contributed by atoms with Crippen LogP contribution in [0, 0.1) is 6.92 Å². The van der Waals surface area contributed by atoms with E-state index in [1.54, 1.807) is 6.26 Å². The first-order chi connectivity index (χ1) is 16.6. The maximum atomic E-state index is 13.1. The second kappa shape index (κ2) is 9.93. The van der Waals surface area contributed by atoms with Crippen LogP contribution in [0.3, 0.4) is 0 Å². The Balaban J connectivity index is 1.52. The van der Waals surface area contributed by atoms with Crippen molar-refractivity contribution in [2.24, 2.45) is 0 Å². The molecule has 1 fully saturated rings. The van der Waals surface area contributed by atoms with Gasteiger partial charge < -0.3 is 9.40 Å². The molecule has 1 N–H and O–H groups in total. The summed E-state index contributed by atoms with van der Waals surface area (Å²) in [5.41, 5.74) is 2.82. The molecule has 1 aromatic carbocycles. The summed E-state index contributed by atoms with van der Waals surface area (Å²) in [7, 11) is 0. The Morgan fingerprint density at radius 1 is 1.24 bits per heavy atom. The van der Waals surface area contributed by atoms with Gasteiger partial charge in [0.05, 0.1) is 12.3 Å². The normalized spacial score (nSPS) is 15.5. The van der Waals surface area contributed by atoms with E-state index in [1.165, 1.54) is 18.4 Å². The number of furan rings is 1. The van der Waals surface area contributed by atoms with E-state index in [1.807, 2.05) is 28.9 Å². The summed E-state index contributed by atoms with van der Waals surface area (Å²) in [6, 6.07) is 12.4. The fourth-order valence-electron chi connectivity index (χ4n) is 5.24. The predicted molar refractivity (Wildman–Crippen MR) is 130 cm³/mol. The van der Waals surface area contributed by atoms with Gasteiger partial charge in [0.1, 0.15) is 12.3 Å². The molecule has 0 bridgehead atoms. The van der Waals surface area contributed by atoms with Gasteiger partial charge in [-0.1, -0.05) is 37.8 Å². The third kappa shape index (κ3) is 4.68. The summed E-state index contributed by atoms with van der Waals surface area (Å²) in [6.07, 6.45) is 8.26. The van der Waals surface area contributed by atoms with Gasteiger partial charge in [-0.2, -0.15) is 0 Å². The quantitative estimate of drug-likeness (QED) is 0.387. The molecule has 34 heavy (non-hydrogen) atoms. The van der Waals surface area contributed by atoms with E-state index >= 15 is 0 Å². The zero-order valence-electron chi connectivity index (χ0n) is 19.9. The van der Waals surface area contributed by atoms with E-state index in [-0.39, 0.29) is 11.6 Å². The molecule has 4 aromatic rings. The standard InChI is InChI=1S/C26H32N6O2/c1-3-7-24(25-28-29-30-32(25)17-22-10-6-13-34-22)31(21-8-4-5-9-21)16-20-15-19-14-18(2)11-12-23(19)27-26(20)33/h6,10-15,21,24H,3-5,7-9,16-17H2,1-2H3,(H,27,33)/t24-/m0/s1. The maximum absolute atomic E-state index is 13.1. The van der Waals surface area contributed by atoms with Crippen LogP contribution in [-0.4, -0.2) is 36.1 Å². The van der Waals surface area contributed by atoms with Gasteiger partial charge in [0.15, 0.2) is 5.82 Å². The molecule has 178 valence electrons. The number of aryl methyl sites for hydroxylation is 1. The number of pyridine rings is 1. The highest BCUT2D eigenvalue weighted by Crippen LogP contribution is 2.34. The van der Waals surface area contributed by atoms with Crippen LogP contribution >= 0.6 is 0 Å².